The van der Waals surface area contributed by atoms with Gasteiger partial charge in [0.1, 0.15) is 5.76 Å². The molecule has 0 unspecified atom stereocenters. The summed E-state index contributed by atoms with van der Waals surface area (Å²) in [6, 6.07) is 11.0. The molecule has 6 nitrogen and oxygen atoms in total. The maximum atomic E-state index is 12.4. The predicted octanol–water partition coefficient (Wildman–Crippen LogP) is 4.24. The fourth-order valence-electron chi connectivity index (χ4n) is 2.72. The van der Waals surface area contributed by atoms with Gasteiger partial charge in [-0.1, -0.05) is 12.1 Å². The number of benzene rings is 1. The molecule has 1 saturated carbocycles. The van der Waals surface area contributed by atoms with Crippen LogP contribution in [-0.4, -0.2) is 16.8 Å². The summed E-state index contributed by atoms with van der Waals surface area (Å²) >= 11 is 1.54. The Hall–Kier alpha value is -2.93. The monoisotopic (exact) mass is 381 g/mol. The molecule has 1 fully saturated rings. The molecule has 2 amide bonds. The van der Waals surface area contributed by atoms with Crippen molar-refractivity contribution in [3.8, 4) is 10.8 Å². The molecule has 2 N–H and O–H groups in total. The molecule has 1 aliphatic rings. The van der Waals surface area contributed by atoms with Crippen molar-refractivity contribution in [3.05, 3.63) is 53.2 Å². The highest BCUT2D eigenvalue weighted by Crippen LogP contribution is 2.30. The van der Waals surface area contributed by atoms with Crippen LogP contribution in [0.3, 0.4) is 0 Å². The standard InChI is InChI=1S/C20H19N3O3S/c1-12-16(23-20(26-12)17-6-3-9-27-17)11-18(24)21-14-4-2-5-15(10-14)22-19(25)13-7-8-13/h2-6,9-10,13H,7-8,11H2,1H3,(H,21,24)(H,22,25). The molecule has 0 aliphatic heterocycles. The van der Waals surface area contributed by atoms with Gasteiger partial charge < -0.3 is 15.1 Å². The van der Waals surface area contributed by atoms with Gasteiger partial charge in [0.2, 0.25) is 17.7 Å². The third-order valence-electron chi connectivity index (χ3n) is 4.31. The number of thiophene rings is 1. The van der Waals surface area contributed by atoms with Crippen LogP contribution in [0.2, 0.25) is 0 Å². The van der Waals surface area contributed by atoms with Crippen LogP contribution in [0.1, 0.15) is 24.3 Å². The van der Waals surface area contributed by atoms with Crippen LogP contribution in [0.15, 0.2) is 46.2 Å². The lowest BCUT2D eigenvalue weighted by atomic mass is 10.2. The van der Waals surface area contributed by atoms with Crippen LogP contribution in [0.5, 0.6) is 0 Å². The van der Waals surface area contributed by atoms with Gasteiger partial charge in [0.15, 0.2) is 0 Å². The van der Waals surface area contributed by atoms with Crippen LogP contribution >= 0.6 is 11.3 Å². The number of hydrogen-bond acceptors (Lipinski definition) is 5. The molecule has 2 heterocycles. The summed E-state index contributed by atoms with van der Waals surface area (Å²) in [5.41, 5.74) is 1.93. The molecule has 4 rings (SSSR count). The molecule has 138 valence electrons. The zero-order chi connectivity index (χ0) is 18.8. The Morgan fingerprint density at radius 3 is 2.67 bits per heavy atom. The number of aromatic nitrogens is 1. The molecule has 27 heavy (non-hydrogen) atoms. The van der Waals surface area contributed by atoms with E-state index in [-0.39, 0.29) is 24.2 Å². The lowest BCUT2D eigenvalue weighted by molar-refractivity contribution is -0.117. The predicted molar refractivity (Wildman–Crippen MR) is 105 cm³/mol. The molecule has 0 spiro atoms. The van der Waals surface area contributed by atoms with Crippen LogP contribution in [-0.2, 0) is 16.0 Å². The molecule has 1 aromatic carbocycles. The molecule has 7 heteroatoms. The summed E-state index contributed by atoms with van der Waals surface area (Å²) in [4.78, 5) is 29.7. The first-order valence-electron chi connectivity index (χ1n) is 8.79. The molecule has 0 atom stereocenters. The van der Waals surface area contributed by atoms with Gasteiger partial charge in [0.25, 0.3) is 0 Å². The summed E-state index contributed by atoms with van der Waals surface area (Å²) < 4.78 is 5.67. The average Bonchev–Trinajstić information content (AvgIpc) is 3.23. The van der Waals surface area contributed by atoms with E-state index in [4.69, 9.17) is 4.42 Å². The second-order valence-corrected chi connectivity index (χ2v) is 7.52. The van der Waals surface area contributed by atoms with Crippen molar-refractivity contribution < 1.29 is 14.0 Å². The van der Waals surface area contributed by atoms with Crippen molar-refractivity contribution >= 4 is 34.5 Å². The summed E-state index contributed by atoms with van der Waals surface area (Å²) in [6.07, 6.45) is 2.03. The molecule has 2 aromatic heterocycles. The minimum absolute atomic E-state index is 0.0396. The van der Waals surface area contributed by atoms with Gasteiger partial charge in [0, 0.05) is 17.3 Å². The Balaban J connectivity index is 1.40. The van der Waals surface area contributed by atoms with Crippen molar-refractivity contribution in [1.82, 2.24) is 4.98 Å². The zero-order valence-corrected chi connectivity index (χ0v) is 15.6. The summed E-state index contributed by atoms with van der Waals surface area (Å²) in [7, 11) is 0. The van der Waals surface area contributed by atoms with Crippen LogP contribution in [0.25, 0.3) is 10.8 Å². The molecule has 1 aliphatic carbocycles. The normalized spacial score (nSPS) is 13.4. The average molecular weight is 381 g/mol. The Morgan fingerprint density at radius 1 is 1.19 bits per heavy atom. The Kier molecular flexibility index (Phi) is 4.77. The molecular formula is C20H19N3O3S. The SMILES string of the molecule is Cc1oc(-c2cccs2)nc1CC(=O)Nc1cccc(NC(=O)C2CC2)c1. The number of nitrogens with one attached hydrogen (secondary N) is 2. The Labute approximate surface area is 160 Å². The van der Waals surface area contributed by atoms with E-state index in [1.54, 1.807) is 36.5 Å². The van der Waals surface area contributed by atoms with Crippen LogP contribution < -0.4 is 10.6 Å². The molecular weight excluding hydrogens is 362 g/mol. The van der Waals surface area contributed by atoms with Crippen LogP contribution in [0, 0.1) is 12.8 Å². The van der Waals surface area contributed by atoms with Crippen molar-refractivity contribution in [2.45, 2.75) is 26.2 Å². The van der Waals surface area contributed by atoms with Crippen molar-refractivity contribution in [1.29, 1.82) is 0 Å². The lowest BCUT2D eigenvalue weighted by Gasteiger charge is -2.08. The number of nitrogens with zero attached hydrogens (tertiary/aromatic N) is 1. The number of aryl methyl sites for hydroxylation is 1. The van der Waals surface area contributed by atoms with Gasteiger partial charge in [-0.15, -0.1) is 11.3 Å². The topological polar surface area (TPSA) is 84.2 Å². The Bertz CT molecular complexity index is 974. The van der Waals surface area contributed by atoms with Gasteiger partial charge in [-0.25, -0.2) is 4.98 Å². The second kappa shape index (κ2) is 7.36. The first kappa shape index (κ1) is 17.5. The van der Waals surface area contributed by atoms with E-state index in [2.05, 4.69) is 15.6 Å². The zero-order valence-electron chi connectivity index (χ0n) is 14.8. The third kappa shape index (κ3) is 4.25. The van der Waals surface area contributed by atoms with E-state index >= 15 is 0 Å². The first-order chi connectivity index (χ1) is 13.1. The van der Waals surface area contributed by atoms with Crippen LogP contribution in [0.4, 0.5) is 11.4 Å². The number of rotatable bonds is 6. The van der Waals surface area contributed by atoms with E-state index in [1.165, 1.54) is 0 Å². The number of carbonyl (C=O) groups is 2. The number of oxazole rings is 1. The van der Waals surface area contributed by atoms with Gasteiger partial charge in [-0.3, -0.25) is 9.59 Å². The smallest absolute Gasteiger partial charge is 0.236 e. The first-order valence-corrected chi connectivity index (χ1v) is 9.67. The highest BCUT2D eigenvalue weighted by molar-refractivity contribution is 7.13. The number of carbonyl (C=O) groups excluding carboxylic acids is 2. The largest absolute Gasteiger partial charge is 0.440 e. The van der Waals surface area contributed by atoms with E-state index in [1.807, 2.05) is 23.6 Å². The van der Waals surface area contributed by atoms with E-state index < -0.39 is 0 Å². The highest BCUT2D eigenvalue weighted by atomic mass is 32.1. The maximum absolute atomic E-state index is 12.4. The van der Waals surface area contributed by atoms with E-state index in [0.29, 0.717) is 28.7 Å². The van der Waals surface area contributed by atoms with Crippen molar-refractivity contribution in [3.63, 3.8) is 0 Å². The van der Waals surface area contributed by atoms with Crippen molar-refractivity contribution in [2.24, 2.45) is 5.92 Å². The third-order valence-corrected chi connectivity index (χ3v) is 5.17. The van der Waals surface area contributed by atoms with Gasteiger partial charge in [0.05, 0.1) is 17.0 Å². The van der Waals surface area contributed by atoms with Gasteiger partial charge in [-0.05, 0) is 49.4 Å². The van der Waals surface area contributed by atoms with Gasteiger partial charge in [-0.2, -0.15) is 0 Å². The summed E-state index contributed by atoms with van der Waals surface area (Å²) in [6.45, 7) is 1.81. The molecule has 3 aromatic rings. The maximum Gasteiger partial charge on any atom is 0.236 e. The fraction of sp³-hybridized carbons (Fsp3) is 0.250. The van der Waals surface area contributed by atoms with E-state index in [0.717, 1.165) is 17.7 Å². The number of hydrogen-bond donors (Lipinski definition) is 2. The fourth-order valence-corrected chi connectivity index (χ4v) is 3.37. The highest BCUT2D eigenvalue weighted by Gasteiger charge is 2.29. The molecule has 0 radical (unpaired) electrons. The second-order valence-electron chi connectivity index (χ2n) is 6.57. The lowest BCUT2D eigenvalue weighted by Crippen LogP contribution is -2.16. The minimum atomic E-state index is -0.185. The number of amides is 2. The number of anilines is 2. The quantitative estimate of drug-likeness (QED) is 0.669. The van der Waals surface area contributed by atoms with Gasteiger partial charge >= 0.3 is 0 Å². The summed E-state index contributed by atoms with van der Waals surface area (Å²) in [5, 5.41) is 7.68. The van der Waals surface area contributed by atoms with E-state index in [9.17, 15) is 9.59 Å². The molecule has 0 saturated heterocycles. The minimum Gasteiger partial charge on any atom is -0.440 e. The Morgan fingerprint density at radius 2 is 1.96 bits per heavy atom. The molecule has 0 bridgehead atoms. The summed E-state index contributed by atoms with van der Waals surface area (Å²) in [5.74, 6) is 1.16. The van der Waals surface area contributed by atoms with Crippen molar-refractivity contribution in [2.75, 3.05) is 10.6 Å².